The van der Waals surface area contributed by atoms with Crippen molar-refractivity contribution in [1.82, 2.24) is 0 Å². The summed E-state index contributed by atoms with van der Waals surface area (Å²) >= 11 is 1.81. The van der Waals surface area contributed by atoms with Crippen LogP contribution in [0, 0.1) is 0 Å². The largest absolute Gasteiger partial charge is 0.302 e. The maximum absolute atomic E-state index is 10.8. The normalized spacial score (nSPS) is 11.4. The van der Waals surface area contributed by atoms with Gasteiger partial charge in [0.05, 0.1) is 0 Å². The molecule has 0 aromatic heterocycles. The maximum atomic E-state index is 10.8. The lowest BCUT2D eigenvalue weighted by Gasteiger charge is -2.17. The summed E-state index contributed by atoms with van der Waals surface area (Å²) in [6, 6.07) is 8.22. The Hall–Kier alpha value is -0.760. The Kier molecular flexibility index (Phi) is 3.76. The summed E-state index contributed by atoms with van der Waals surface area (Å²) in [7, 11) is 0. The van der Waals surface area contributed by atoms with Gasteiger partial charge in [0.15, 0.2) is 0 Å². The number of rotatable bonds is 4. The van der Waals surface area contributed by atoms with Gasteiger partial charge in [-0.3, -0.25) is 0 Å². The van der Waals surface area contributed by atoms with Gasteiger partial charge in [-0.15, -0.1) is 11.8 Å². The fourth-order valence-corrected chi connectivity index (χ4v) is 1.88. The molecule has 0 saturated heterocycles. The molecule has 1 aromatic carbocycles. The number of aldehydes is 1. The summed E-state index contributed by atoms with van der Waals surface area (Å²) in [4.78, 5) is 12.1. The van der Waals surface area contributed by atoms with E-state index in [-0.39, 0.29) is 5.41 Å². The molecule has 0 spiro atoms. The predicted molar refractivity (Wildman–Crippen MR) is 61.9 cm³/mol. The topological polar surface area (TPSA) is 17.1 Å². The molecule has 1 rings (SSSR count). The van der Waals surface area contributed by atoms with E-state index in [0.717, 1.165) is 17.6 Å². The smallest absolute Gasteiger partial charge is 0.129 e. The highest BCUT2D eigenvalue weighted by Crippen LogP contribution is 2.24. The highest BCUT2D eigenvalue weighted by atomic mass is 32.2. The third-order valence-corrected chi connectivity index (χ3v) is 3.10. The molecule has 0 aliphatic carbocycles. The van der Waals surface area contributed by atoms with Gasteiger partial charge in [0.2, 0.25) is 0 Å². The SMILES string of the molecule is CCSc1ccc(C(C)(C)C=O)cc1. The van der Waals surface area contributed by atoms with Crippen molar-refractivity contribution in [2.24, 2.45) is 0 Å². The number of carbonyl (C=O) groups is 1. The summed E-state index contributed by atoms with van der Waals surface area (Å²) in [5.41, 5.74) is 0.711. The highest BCUT2D eigenvalue weighted by molar-refractivity contribution is 7.99. The van der Waals surface area contributed by atoms with Crippen LogP contribution in [0.4, 0.5) is 0 Å². The van der Waals surface area contributed by atoms with E-state index in [2.05, 4.69) is 19.1 Å². The summed E-state index contributed by atoms with van der Waals surface area (Å²) in [6.45, 7) is 6.00. The third kappa shape index (κ3) is 2.61. The van der Waals surface area contributed by atoms with Gasteiger partial charge in [0, 0.05) is 10.3 Å². The first-order chi connectivity index (χ1) is 6.60. The average molecular weight is 208 g/mol. The molecule has 0 bridgehead atoms. The van der Waals surface area contributed by atoms with Crippen LogP contribution in [-0.4, -0.2) is 12.0 Å². The van der Waals surface area contributed by atoms with Crippen LogP contribution in [0.25, 0.3) is 0 Å². The van der Waals surface area contributed by atoms with Gasteiger partial charge in [-0.2, -0.15) is 0 Å². The van der Waals surface area contributed by atoms with Crippen molar-refractivity contribution in [3.05, 3.63) is 29.8 Å². The molecule has 0 saturated carbocycles. The van der Waals surface area contributed by atoms with Crippen LogP contribution in [0.15, 0.2) is 29.2 Å². The van der Waals surface area contributed by atoms with Crippen LogP contribution in [0.5, 0.6) is 0 Å². The zero-order chi connectivity index (χ0) is 10.6. The molecule has 0 unspecified atom stereocenters. The van der Waals surface area contributed by atoms with E-state index in [9.17, 15) is 4.79 Å². The Morgan fingerprint density at radius 2 is 1.86 bits per heavy atom. The minimum Gasteiger partial charge on any atom is -0.302 e. The summed E-state index contributed by atoms with van der Waals surface area (Å²) < 4.78 is 0. The number of carbonyl (C=O) groups excluding carboxylic acids is 1. The van der Waals surface area contributed by atoms with Crippen molar-refractivity contribution >= 4 is 18.0 Å². The molecule has 0 aliphatic heterocycles. The fraction of sp³-hybridized carbons (Fsp3) is 0.417. The number of hydrogen-bond acceptors (Lipinski definition) is 2. The van der Waals surface area contributed by atoms with Crippen molar-refractivity contribution in [3.8, 4) is 0 Å². The van der Waals surface area contributed by atoms with E-state index in [1.807, 2.05) is 37.7 Å². The Morgan fingerprint density at radius 1 is 1.29 bits per heavy atom. The quantitative estimate of drug-likeness (QED) is 0.558. The minimum absolute atomic E-state index is 0.366. The number of hydrogen-bond donors (Lipinski definition) is 0. The van der Waals surface area contributed by atoms with E-state index in [1.165, 1.54) is 4.90 Å². The van der Waals surface area contributed by atoms with Crippen molar-refractivity contribution in [2.45, 2.75) is 31.1 Å². The van der Waals surface area contributed by atoms with Crippen molar-refractivity contribution in [2.75, 3.05) is 5.75 Å². The molecule has 0 radical (unpaired) electrons. The molecule has 14 heavy (non-hydrogen) atoms. The van der Waals surface area contributed by atoms with Crippen LogP contribution < -0.4 is 0 Å². The molecule has 0 N–H and O–H groups in total. The first-order valence-corrected chi connectivity index (χ1v) is 5.78. The van der Waals surface area contributed by atoms with Gasteiger partial charge in [-0.25, -0.2) is 0 Å². The van der Waals surface area contributed by atoms with Crippen LogP contribution >= 0.6 is 11.8 Å². The molecular formula is C12H16OS. The zero-order valence-electron chi connectivity index (χ0n) is 8.91. The van der Waals surface area contributed by atoms with Gasteiger partial charge in [-0.1, -0.05) is 19.1 Å². The zero-order valence-corrected chi connectivity index (χ0v) is 9.73. The molecule has 0 amide bonds. The molecular weight excluding hydrogens is 192 g/mol. The summed E-state index contributed by atoms with van der Waals surface area (Å²) in [6.07, 6.45) is 0.995. The second kappa shape index (κ2) is 4.65. The minimum atomic E-state index is -0.366. The fourth-order valence-electron chi connectivity index (χ4n) is 1.22. The molecule has 2 heteroatoms. The Morgan fingerprint density at radius 3 is 2.29 bits per heavy atom. The van der Waals surface area contributed by atoms with Crippen molar-refractivity contribution in [1.29, 1.82) is 0 Å². The Labute approximate surface area is 89.9 Å². The number of benzene rings is 1. The molecule has 76 valence electrons. The lowest BCUT2D eigenvalue weighted by Crippen LogP contribution is -2.18. The maximum Gasteiger partial charge on any atom is 0.129 e. The lowest BCUT2D eigenvalue weighted by atomic mass is 9.87. The second-order valence-electron chi connectivity index (χ2n) is 3.80. The molecule has 0 aliphatic rings. The highest BCUT2D eigenvalue weighted by Gasteiger charge is 2.18. The molecule has 1 aromatic rings. The Balaban J connectivity index is 2.88. The van der Waals surface area contributed by atoms with E-state index in [4.69, 9.17) is 0 Å². The van der Waals surface area contributed by atoms with E-state index >= 15 is 0 Å². The van der Waals surface area contributed by atoms with E-state index in [0.29, 0.717) is 0 Å². The molecule has 0 heterocycles. The van der Waals surface area contributed by atoms with E-state index < -0.39 is 0 Å². The Bertz CT molecular complexity index is 301. The van der Waals surface area contributed by atoms with Crippen LogP contribution in [0.2, 0.25) is 0 Å². The molecule has 0 fully saturated rings. The van der Waals surface area contributed by atoms with Crippen molar-refractivity contribution < 1.29 is 4.79 Å². The van der Waals surface area contributed by atoms with Gasteiger partial charge in [0.25, 0.3) is 0 Å². The van der Waals surface area contributed by atoms with Gasteiger partial charge in [-0.05, 0) is 37.3 Å². The van der Waals surface area contributed by atoms with Crippen LogP contribution in [0.1, 0.15) is 26.3 Å². The van der Waals surface area contributed by atoms with Gasteiger partial charge in [0.1, 0.15) is 6.29 Å². The van der Waals surface area contributed by atoms with Crippen molar-refractivity contribution in [3.63, 3.8) is 0 Å². The summed E-state index contributed by atoms with van der Waals surface area (Å²) in [5.74, 6) is 1.08. The lowest BCUT2D eigenvalue weighted by molar-refractivity contribution is -0.111. The van der Waals surface area contributed by atoms with Crippen LogP contribution in [0.3, 0.4) is 0 Å². The first kappa shape index (κ1) is 11.3. The third-order valence-electron chi connectivity index (χ3n) is 2.20. The first-order valence-electron chi connectivity index (χ1n) is 4.80. The number of thioether (sulfide) groups is 1. The van der Waals surface area contributed by atoms with Gasteiger partial charge < -0.3 is 4.79 Å². The van der Waals surface area contributed by atoms with E-state index in [1.54, 1.807) is 0 Å². The predicted octanol–water partition coefficient (Wildman–Crippen LogP) is 3.28. The monoisotopic (exact) mass is 208 g/mol. The van der Waals surface area contributed by atoms with Gasteiger partial charge >= 0.3 is 0 Å². The van der Waals surface area contributed by atoms with Crippen LogP contribution in [-0.2, 0) is 10.2 Å². The second-order valence-corrected chi connectivity index (χ2v) is 5.13. The molecule has 1 nitrogen and oxygen atoms in total. The standard InChI is InChI=1S/C12H16OS/c1-4-14-11-7-5-10(6-8-11)12(2,3)9-13/h5-9H,4H2,1-3H3. The molecule has 0 atom stereocenters. The average Bonchev–Trinajstić information content (AvgIpc) is 2.19. The summed E-state index contributed by atoms with van der Waals surface area (Å²) in [5, 5.41) is 0.